The highest BCUT2D eigenvalue weighted by Crippen LogP contribution is 2.32. The first-order chi connectivity index (χ1) is 7.11. The molecule has 0 saturated carbocycles. The van der Waals surface area contributed by atoms with Crippen molar-refractivity contribution in [2.75, 3.05) is 5.33 Å². The maximum absolute atomic E-state index is 4.30. The Morgan fingerprint density at radius 1 is 1.47 bits per heavy atom. The van der Waals surface area contributed by atoms with Gasteiger partial charge < -0.3 is 0 Å². The van der Waals surface area contributed by atoms with E-state index in [0.717, 1.165) is 5.33 Å². The summed E-state index contributed by atoms with van der Waals surface area (Å²) in [6.07, 6.45) is 5.01. The Morgan fingerprint density at radius 3 is 2.67 bits per heavy atom. The van der Waals surface area contributed by atoms with E-state index >= 15 is 0 Å². The molecule has 15 heavy (non-hydrogen) atoms. The SMILES string of the molecule is CCCC(C)(CBr)CCc1scnc1C. The monoisotopic (exact) mass is 289 g/mol. The lowest BCUT2D eigenvalue weighted by atomic mass is 9.83. The molecule has 0 saturated heterocycles. The van der Waals surface area contributed by atoms with Crippen molar-refractivity contribution in [1.82, 2.24) is 4.98 Å². The van der Waals surface area contributed by atoms with Crippen LogP contribution in [0.25, 0.3) is 0 Å². The lowest BCUT2D eigenvalue weighted by molar-refractivity contribution is 0.316. The van der Waals surface area contributed by atoms with Gasteiger partial charge in [0.05, 0.1) is 11.2 Å². The van der Waals surface area contributed by atoms with E-state index in [4.69, 9.17) is 0 Å². The molecule has 0 bridgehead atoms. The van der Waals surface area contributed by atoms with Gasteiger partial charge in [-0.2, -0.15) is 0 Å². The average Bonchev–Trinajstić information content (AvgIpc) is 2.62. The second kappa shape index (κ2) is 6.00. The highest BCUT2D eigenvalue weighted by molar-refractivity contribution is 9.09. The third-order valence-corrected chi connectivity index (χ3v) is 5.33. The molecule has 0 spiro atoms. The minimum absolute atomic E-state index is 0.450. The number of rotatable bonds is 6. The molecule has 0 aromatic carbocycles. The second-order valence-electron chi connectivity index (χ2n) is 4.56. The first kappa shape index (κ1) is 13.2. The van der Waals surface area contributed by atoms with Crippen molar-refractivity contribution in [3.8, 4) is 0 Å². The summed E-state index contributed by atoms with van der Waals surface area (Å²) < 4.78 is 0. The zero-order valence-electron chi connectivity index (χ0n) is 9.85. The van der Waals surface area contributed by atoms with Gasteiger partial charge in [-0.25, -0.2) is 4.98 Å². The Hall–Kier alpha value is 0.110. The summed E-state index contributed by atoms with van der Waals surface area (Å²) in [5.74, 6) is 0. The predicted molar refractivity (Wildman–Crippen MR) is 72.0 cm³/mol. The zero-order chi connectivity index (χ0) is 11.3. The van der Waals surface area contributed by atoms with Crippen molar-refractivity contribution in [2.24, 2.45) is 5.41 Å². The molecule has 0 aliphatic heterocycles. The summed E-state index contributed by atoms with van der Waals surface area (Å²) in [6.45, 7) is 6.75. The molecule has 1 aromatic rings. The molecular formula is C12H20BrNS. The molecule has 0 fully saturated rings. The van der Waals surface area contributed by atoms with Gasteiger partial charge in [0.1, 0.15) is 0 Å². The maximum atomic E-state index is 4.30. The molecule has 0 amide bonds. The fraction of sp³-hybridized carbons (Fsp3) is 0.750. The number of aromatic nitrogens is 1. The quantitative estimate of drug-likeness (QED) is 0.698. The summed E-state index contributed by atoms with van der Waals surface area (Å²) >= 11 is 5.44. The largest absolute Gasteiger partial charge is 0.250 e. The number of hydrogen-bond donors (Lipinski definition) is 0. The number of thiazole rings is 1. The van der Waals surface area contributed by atoms with Gasteiger partial charge in [-0.05, 0) is 31.6 Å². The van der Waals surface area contributed by atoms with Gasteiger partial charge in [0.25, 0.3) is 0 Å². The van der Waals surface area contributed by atoms with Crippen molar-refractivity contribution in [3.63, 3.8) is 0 Å². The van der Waals surface area contributed by atoms with Gasteiger partial charge >= 0.3 is 0 Å². The third-order valence-electron chi connectivity index (χ3n) is 2.98. The molecule has 1 aromatic heterocycles. The van der Waals surface area contributed by atoms with Crippen LogP contribution in [0.2, 0.25) is 0 Å². The van der Waals surface area contributed by atoms with Gasteiger partial charge in [0.15, 0.2) is 0 Å². The fourth-order valence-electron chi connectivity index (χ4n) is 1.84. The minimum Gasteiger partial charge on any atom is -0.250 e. The molecule has 0 radical (unpaired) electrons. The van der Waals surface area contributed by atoms with Crippen LogP contribution < -0.4 is 0 Å². The zero-order valence-corrected chi connectivity index (χ0v) is 12.2. The Kier molecular flexibility index (Phi) is 5.27. The van der Waals surface area contributed by atoms with Crippen molar-refractivity contribution in [1.29, 1.82) is 0 Å². The van der Waals surface area contributed by atoms with Gasteiger partial charge in [-0.3, -0.25) is 0 Å². The van der Waals surface area contributed by atoms with Crippen molar-refractivity contribution < 1.29 is 0 Å². The van der Waals surface area contributed by atoms with Crippen LogP contribution in [-0.4, -0.2) is 10.3 Å². The van der Waals surface area contributed by atoms with Crippen molar-refractivity contribution in [3.05, 3.63) is 16.1 Å². The number of halogens is 1. The fourth-order valence-corrected chi connectivity index (χ4v) is 3.19. The molecule has 86 valence electrons. The van der Waals surface area contributed by atoms with Crippen LogP contribution in [0.5, 0.6) is 0 Å². The topological polar surface area (TPSA) is 12.9 Å². The highest BCUT2D eigenvalue weighted by Gasteiger charge is 2.22. The molecule has 1 unspecified atom stereocenters. The van der Waals surface area contributed by atoms with E-state index in [0.29, 0.717) is 5.41 Å². The standard InChI is InChI=1S/C12H20BrNS/c1-4-6-12(3,8-13)7-5-11-10(2)14-9-15-11/h9H,4-8H2,1-3H3. The van der Waals surface area contributed by atoms with Crippen LogP contribution in [0.4, 0.5) is 0 Å². The molecule has 0 aliphatic rings. The average molecular weight is 290 g/mol. The normalized spacial score (nSPS) is 15.2. The summed E-state index contributed by atoms with van der Waals surface area (Å²) in [5.41, 5.74) is 3.62. The Labute approximate surface area is 105 Å². The van der Waals surface area contributed by atoms with Gasteiger partial charge in [0, 0.05) is 10.2 Å². The third kappa shape index (κ3) is 3.87. The Morgan fingerprint density at radius 2 is 2.20 bits per heavy atom. The van der Waals surface area contributed by atoms with Crippen molar-refractivity contribution >= 4 is 27.3 Å². The highest BCUT2D eigenvalue weighted by atomic mass is 79.9. The van der Waals surface area contributed by atoms with Crippen LogP contribution in [0, 0.1) is 12.3 Å². The molecular weight excluding hydrogens is 270 g/mol. The van der Waals surface area contributed by atoms with Crippen molar-refractivity contribution in [2.45, 2.75) is 46.5 Å². The molecule has 1 rings (SSSR count). The van der Waals surface area contributed by atoms with E-state index in [1.54, 1.807) is 11.3 Å². The molecule has 0 aliphatic carbocycles. The van der Waals surface area contributed by atoms with Crippen LogP contribution in [0.1, 0.15) is 43.7 Å². The smallest absolute Gasteiger partial charge is 0.0797 e. The van der Waals surface area contributed by atoms with E-state index in [1.165, 1.54) is 36.3 Å². The van der Waals surface area contributed by atoms with E-state index in [2.05, 4.69) is 41.7 Å². The first-order valence-corrected chi connectivity index (χ1v) is 7.56. The van der Waals surface area contributed by atoms with E-state index < -0.39 is 0 Å². The molecule has 0 N–H and O–H groups in total. The molecule has 1 nitrogen and oxygen atoms in total. The number of nitrogens with zero attached hydrogens (tertiary/aromatic N) is 1. The first-order valence-electron chi connectivity index (χ1n) is 5.56. The van der Waals surface area contributed by atoms with E-state index in [9.17, 15) is 0 Å². The number of aryl methyl sites for hydroxylation is 2. The van der Waals surface area contributed by atoms with E-state index in [-0.39, 0.29) is 0 Å². The second-order valence-corrected chi connectivity index (χ2v) is 6.06. The number of hydrogen-bond acceptors (Lipinski definition) is 2. The van der Waals surface area contributed by atoms with Crippen LogP contribution in [0.15, 0.2) is 5.51 Å². The van der Waals surface area contributed by atoms with Gasteiger partial charge in [-0.1, -0.05) is 36.2 Å². The van der Waals surface area contributed by atoms with Gasteiger partial charge in [0.2, 0.25) is 0 Å². The van der Waals surface area contributed by atoms with E-state index in [1.807, 2.05) is 5.51 Å². The van der Waals surface area contributed by atoms with Gasteiger partial charge in [-0.15, -0.1) is 11.3 Å². The molecule has 1 atom stereocenters. The van der Waals surface area contributed by atoms with Crippen LogP contribution in [0.3, 0.4) is 0 Å². The summed E-state index contributed by atoms with van der Waals surface area (Å²) in [6, 6.07) is 0. The molecule has 1 heterocycles. The Balaban J connectivity index is 2.51. The lowest BCUT2D eigenvalue weighted by Gasteiger charge is -2.26. The summed E-state index contributed by atoms with van der Waals surface area (Å²) in [4.78, 5) is 5.75. The summed E-state index contributed by atoms with van der Waals surface area (Å²) in [7, 11) is 0. The minimum atomic E-state index is 0.450. The lowest BCUT2D eigenvalue weighted by Crippen LogP contribution is -2.18. The number of alkyl halides is 1. The van der Waals surface area contributed by atoms with Crippen LogP contribution in [-0.2, 0) is 6.42 Å². The Bertz CT molecular complexity index is 298. The maximum Gasteiger partial charge on any atom is 0.0797 e. The van der Waals surface area contributed by atoms with Crippen LogP contribution >= 0.6 is 27.3 Å². The summed E-state index contributed by atoms with van der Waals surface area (Å²) in [5, 5.41) is 1.10. The predicted octanol–water partition coefficient (Wildman–Crippen LogP) is 4.59. The molecule has 3 heteroatoms.